The van der Waals surface area contributed by atoms with E-state index in [4.69, 9.17) is 4.74 Å². The summed E-state index contributed by atoms with van der Waals surface area (Å²) in [6.45, 7) is 1.45. The molecule has 1 saturated heterocycles. The van der Waals surface area contributed by atoms with Crippen molar-refractivity contribution in [1.82, 2.24) is 0 Å². The van der Waals surface area contributed by atoms with Gasteiger partial charge in [-0.15, -0.1) is 0 Å². The largest absolute Gasteiger partial charge is 0.380 e. The Labute approximate surface area is 97.4 Å². The Morgan fingerprint density at radius 2 is 2.31 bits per heavy atom. The minimum absolute atomic E-state index is 0.298. The van der Waals surface area contributed by atoms with Crippen molar-refractivity contribution >= 4 is 17.4 Å². The van der Waals surface area contributed by atoms with Gasteiger partial charge in [-0.2, -0.15) is 8.78 Å². The van der Waals surface area contributed by atoms with E-state index in [1.807, 2.05) is 6.07 Å². The lowest BCUT2D eigenvalue weighted by Gasteiger charge is -2.12. The van der Waals surface area contributed by atoms with E-state index in [0.717, 1.165) is 18.7 Å². The summed E-state index contributed by atoms with van der Waals surface area (Å²) in [5.74, 6) is -2.37. The zero-order chi connectivity index (χ0) is 11.4. The van der Waals surface area contributed by atoms with Crippen LogP contribution in [-0.2, 0) is 4.74 Å². The van der Waals surface area contributed by atoms with Crippen molar-refractivity contribution in [2.45, 2.75) is 23.1 Å². The molecule has 1 N–H and O–H groups in total. The van der Waals surface area contributed by atoms with Crippen LogP contribution in [0.3, 0.4) is 0 Å². The maximum Gasteiger partial charge on any atom is 0.288 e. The van der Waals surface area contributed by atoms with E-state index < -0.39 is 5.76 Å². The molecule has 2 nitrogen and oxygen atoms in total. The van der Waals surface area contributed by atoms with Gasteiger partial charge < -0.3 is 10.1 Å². The van der Waals surface area contributed by atoms with E-state index in [-0.39, 0.29) is 0 Å². The van der Waals surface area contributed by atoms with Gasteiger partial charge >= 0.3 is 0 Å². The van der Waals surface area contributed by atoms with E-state index in [2.05, 4.69) is 5.32 Å². The van der Waals surface area contributed by atoms with Gasteiger partial charge in [0, 0.05) is 17.2 Å². The SMILES string of the molecule is FC(F)Sc1cccc(NC2CCOC2)c1. The van der Waals surface area contributed by atoms with E-state index >= 15 is 0 Å². The molecular weight excluding hydrogens is 232 g/mol. The molecule has 1 heterocycles. The van der Waals surface area contributed by atoms with Crippen molar-refractivity contribution in [1.29, 1.82) is 0 Å². The summed E-state index contributed by atoms with van der Waals surface area (Å²) in [6, 6.07) is 7.39. The topological polar surface area (TPSA) is 21.3 Å². The fourth-order valence-electron chi connectivity index (χ4n) is 1.65. The number of rotatable bonds is 4. The lowest BCUT2D eigenvalue weighted by Crippen LogP contribution is -2.18. The third kappa shape index (κ3) is 3.35. The molecule has 1 aliphatic rings. The Kier molecular flexibility index (Phi) is 4.01. The highest BCUT2D eigenvalue weighted by molar-refractivity contribution is 7.99. The van der Waals surface area contributed by atoms with Crippen LogP contribution in [0.1, 0.15) is 6.42 Å². The second-order valence-corrected chi connectivity index (χ2v) is 4.67. The molecular formula is C11H13F2NOS. The number of thioether (sulfide) groups is 1. The molecule has 1 unspecified atom stereocenters. The summed E-state index contributed by atoms with van der Waals surface area (Å²) in [7, 11) is 0. The van der Waals surface area contributed by atoms with Gasteiger partial charge in [0.05, 0.1) is 12.6 Å². The quantitative estimate of drug-likeness (QED) is 0.823. The maximum atomic E-state index is 12.2. The van der Waals surface area contributed by atoms with Crippen LogP contribution in [0.2, 0.25) is 0 Å². The zero-order valence-electron chi connectivity index (χ0n) is 8.66. The van der Waals surface area contributed by atoms with Gasteiger partial charge in [0.1, 0.15) is 0 Å². The Morgan fingerprint density at radius 1 is 1.44 bits per heavy atom. The van der Waals surface area contributed by atoms with Crippen molar-refractivity contribution in [3.8, 4) is 0 Å². The summed E-state index contributed by atoms with van der Waals surface area (Å²) in [5, 5.41) is 3.27. The van der Waals surface area contributed by atoms with Crippen LogP contribution in [-0.4, -0.2) is 25.0 Å². The predicted octanol–water partition coefficient (Wildman–Crippen LogP) is 3.20. The lowest BCUT2D eigenvalue weighted by molar-refractivity contribution is 0.195. The molecule has 1 aliphatic heterocycles. The molecule has 0 aromatic heterocycles. The van der Waals surface area contributed by atoms with Crippen LogP contribution in [0.15, 0.2) is 29.2 Å². The van der Waals surface area contributed by atoms with Crippen molar-refractivity contribution in [2.24, 2.45) is 0 Å². The Balaban J connectivity index is 1.97. The number of halogens is 2. The first kappa shape index (κ1) is 11.7. The van der Waals surface area contributed by atoms with Crippen LogP contribution in [0.25, 0.3) is 0 Å². The van der Waals surface area contributed by atoms with Crippen LogP contribution in [0.5, 0.6) is 0 Å². The minimum Gasteiger partial charge on any atom is -0.380 e. The Hall–Kier alpha value is -0.810. The second kappa shape index (κ2) is 5.50. The molecule has 0 radical (unpaired) electrons. The second-order valence-electron chi connectivity index (χ2n) is 3.61. The van der Waals surface area contributed by atoms with Crippen molar-refractivity contribution < 1.29 is 13.5 Å². The first-order valence-corrected chi connectivity index (χ1v) is 6.01. The molecule has 0 spiro atoms. The normalized spacial score (nSPS) is 20.3. The zero-order valence-corrected chi connectivity index (χ0v) is 9.47. The molecule has 0 bridgehead atoms. The fourth-order valence-corrected chi connectivity index (χ4v) is 2.20. The highest BCUT2D eigenvalue weighted by Gasteiger charge is 2.15. The first-order valence-electron chi connectivity index (χ1n) is 5.13. The average Bonchev–Trinajstić information content (AvgIpc) is 2.70. The lowest BCUT2D eigenvalue weighted by atomic mass is 10.2. The summed E-state index contributed by atoms with van der Waals surface area (Å²) in [4.78, 5) is 0.582. The van der Waals surface area contributed by atoms with E-state index in [0.29, 0.717) is 29.3 Å². The monoisotopic (exact) mass is 245 g/mol. The summed E-state index contributed by atoms with van der Waals surface area (Å²) >= 11 is 0.566. The molecule has 1 aromatic rings. The van der Waals surface area contributed by atoms with Crippen molar-refractivity contribution in [3.05, 3.63) is 24.3 Å². The van der Waals surface area contributed by atoms with Crippen molar-refractivity contribution in [3.63, 3.8) is 0 Å². The fraction of sp³-hybridized carbons (Fsp3) is 0.455. The van der Waals surface area contributed by atoms with Crippen LogP contribution < -0.4 is 5.32 Å². The number of alkyl halides is 2. The average molecular weight is 245 g/mol. The van der Waals surface area contributed by atoms with Crippen LogP contribution in [0, 0.1) is 0 Å². The number of benzene rings is 1. The molecule has 1 aromatic carbocycles. The Morgan fingerprint density at radius 3 is 3.00 bits per heavy atom. The maximum absolute atomic E-state index is 12.2. The van der Waals surface area contributed by atoms with Crippen molar-refractivity contribution in [2.75, 3.05) is 18.5 Å². The highest BCUT2D eigenvalue weighted by Crippen LogP contribution is 2.27. The molecule has 1 atom stereocenters. The van der Waals surface area contributed by atoms with E-state index in [1.165, 1.54) is 0 Å². The van der Waals surface area contributed by atoms with Gasteiger partial charge in [0.15, 0.2) is 0 Å². The highest BCUT2D eigenvalue weighted by atomic mass is 32.2. The number of anilines is 1. The van der Waals surface area contributed by atoms with Crippen LogP contribution in [0.4, 0.5) is 14.5 Å². The molecule has 16 heavy (non-hydrogen) atoms. The molecule has 1 fully saturated rings. The first-order chi connectivity index (χ1) is 7.74. The summed E-state index contributed by atoms with van der Waals surface area (Å²) in [5.41, 5.74) is 0.876. The third-order valence-electron chi connectivity index (χ3n) is 2.36. The van der Waals surface area contributed by atoms with Gasteiger partial charge in [0.25, 0.3) is 5.76 Å². The molecule has 2 rings (SSSR count). The molecule has 5 heteroatoms. The number of hydrogen-bond donors (Lipinski definition) is 1. The van der Waals surface area contributed by atoms with Gasteiger partial charge in [0.2, 0.25) is 0 Å². The smallest absolute Gasteiger partial charge is 0.288 e. The Bertz CT molecular complexity index is 343. The van der Waals surface area contributed by atoms with E-state index in [9.17, 15) is 8.78 Å². The number of nitrogens with one attached hydrogen (secondary N) is 1. The number of hydrogen-bond acceptors (Lipinski definition) is 3. The van der Waals surface area contributed by atoms with Gasteiger partial charge in [-0.05, 0) is 24.6 Å². The van der Waals surface area contributed by atoms with Gasteiger partial charge in [-0.25, -0.2) is 0 Å². The van der Waals surface area contributed by atoms with Gasteiger partial charge in [-0.1, -0.05) is 17.8 Å². The molecule has 0 amide bonds. The molecule has 88 valence electrons. The summed E-state index contributed by atoms with van der Waals surface area (Å²) < 4.78 is 29.6. The van der Waals surface area contributed by atoms with E-state index in [1.54, 1.807) is 18.2 Å². The standard InChI is InChI=1S/C11H13F2NOS/c12-11(13)16-10-3-1-2-8(6-10)14-9-4-5-15-7-9/h1-3,6,9,11,14H,4-5,7H2. The molecule has 0 saturated carbocycles. The van der Waals surface area contributed by atoms with Gasteiger partial charge in [-0.3, -0.25) is 0 Å². The minimum atomic E-state index is -2.37. The van der Waals surface area contributed by atoms with Crippen LogP contribution >= 0.6 is 11.8 Å². The summed E-state index contributed by atoms with van der Waals surface area (Å²) in [6.07, 6.45) is 0.965. The number of ether oxygens (including phenoxy) is 1. The predicted molar refractivity (Wildman–Crippen MR) is 61.1 cm³/mol. The molecule has 0 aliphatic carbocycles. The third-order valence-corrected chi connectivity index (χ3v) is 3.06.